The number of nitrogens with zero attached hydrogens (tertiary/aromatic N) is 3. The van der Waals surface area contributed by atoms with E-state index in [0.29, 0.717) is 41.3 Å². The van der Waals surface area contributed by atoms with Gasteiger partial charge in [0.05, 0.1) is 36.1 Å². The lowest BCUT2D eigenvalue weighted by molar-refractivity contribution is -0.177. The summed E-state index contributed by atoms with van der Waals surface area (Å²) >= 11 is 2.00. The van der Waals surface area contributed by atoms with Crippen LogP contribution in [0.1, 0.15) is 0 Å². The molecule has 0 aromatic carbocycles. The maximum Gasteiger partial charge on any atom is 0.277 e. The van der Waals surface area contributed by atoms with Gasteiger partial charge in [-0.2, -0.15) is 5.01 Å². The number of morpholine rings is 1. The predicted octanol–water partition coefficient (Wildman–Crippen LogP) is -1.04. The average Bonchev–Trinajstić information content (AvgIpc) is 2.87. The van der Waals surface area contributed by atoms with Crippen molar-refractivity contribution in [1.82, 2.24) is 14.9 Å². The standard InChI is InChI=1S/C13H16IN3O5/c1-21-12-10-13(20)15-2-3-22-5-7(15)16-4-6(18)9(17(10)16)8(14)11(12)19/h6-7,11,18-19H,2-5H2,1H3. The summed E-state index contributed by atoms with van der Waals surface area (Å²) in [6.07, 6.45) is -2.03. The number of fused-ring (bicyclic) bond motifs is 2. The topological polar surface area (TPSA) is 85.7 Å². The number of hydrazine groups is 1. The lowest BCUT2D eigenvalue weighted by atomic mass is 10.1. The Morgan fingerprint density at radius 1 is 1.41 bits per heavy atom. The number of carbonyl (C=O) groups excluding carboxylic acids is 1. The second-order valence-electron chi connectivity index (χ2n) is 5.56. The number of rotatable bonds is 1. The lowest BCUT2D eigenvalue weighted by Crippen LogP contribution is -2.66. The van der Waals surface area contributed by atoms with E-state index < -0.39 is 12.2 Å². The van der Waals surface area contributed by atoms with Crippen molar-refractivity contribution in [3.63, 3.8) is 0 Å². The van der Waals surface area contributed by atoms with Crippen molar-refractivity contribution in [3.8, 4) is 0 Å². The molecule has 0 aliphatic carbocycles. The van der Waals surface area contributed by atoms with Gasteiger partial charge in [-0.1, -0.05) is 0 Å². The molecule has 0 radical (unpaired) electrons. The van der Waals surface area contributed by atoms with Crippen LogP contribution in [0.2, 0.25) is 0 Å². The SMILES string of the molecule is COC1=C2C(=O)N3CCOCC3N3CC(O)C(=C(I)C1O)N23. The molecule has 0 spiro atoms. The molecule has 120 valence electrons. The van der Waals surface area contributed by atoms with Gasteiger partial charge in [-0.15, -0.1) is 0 Å². The lowest BCUT2D eigenvalue weighted by Gasteiger charge is -2.51. The first-order valence-electron chi connectivity index (χ1n) is 7.05. The summed E-state index contributed by atoms with van der Waals surface area (Å²) in [6.45, 7) is 1.72. The summed E-state index contributed by atoms with van der Waals surface area (Å²) < 4.78 is 11.4. The quantitative estimate of drug-likeness (QED) is 0.524. The Kier molecular flexibility index (Phi) is 3.38. The molecule has 4 aliphatic heterocycles. The van der Waals surface area contributed by atoms with Crippen LogP contribution in [0.3, 0.4) is 0 Å². The Bertz CT molecular complexity index is 606. The Balaban J connectivity index is 1.90. The molecule has 0 aromatic heterocycles. The third-order valence-corrected chi connectivity index (χ3v) is 5.61. The first-order valence-corrected chi connectivity index (χ1v) is 8.13. The molecule has 3 saturated heterocycles. The van der Waals surface area contributed by atoms with Crippen molar-refractivity contribution in [1.29, 1.82) is 0 Å². The third-order valence-electron chi connectivity index (χ3n) is 4.47. The zero-order valence-electron chi connectivity index (χ0n) is 11.9. The summed E-state index contributed by atoms with van der Waals surface area (Å²) in [7, 11) is 1.44. The second kappa shape index (κ2) is 5.06. The van der Waals surface area contributed by atoms with E-state index in [-0.39, 0.29) is 17.8 Å². The van der Waals surface area contributed by atoms with Crippen LogP contribution in [0, 0.1) is 0 Å². The highest BCUT2D eigenvalue weighted by atomic mass is 127. The highest BCUT2D eigenvalue weighted by Crippen LogP contribution is 2.45. The van der Waals surface area contributed by atoms with E-state index in [1.807, 2.05) is 27.6 Å². The summed E-state index contributed by atoms with van der Waals surface area (Å²) in [5.74, 6) is 0.0261. The first-order chi connectivity index (χ1) is 10.6. The van der Waals surface area contributed by atoms with Gasteiger partial charge in [0.25, 0.3) is 5.91 Å². The molecule has 3 atom stereocenters. The van der Waals surface area contributed by atoms with Crippen molar-refractivity contribution in [2.45, 2.75) is 18.4 Å². The minimum Gasteiger partial charge on any atom is -0.495 e. The van der Waals surface area contributed by atoms with Gasteiger partial charge in [0.2, 0.25) is 0 Å². The van der Waals surface area contributed by atoms with Gasteiger partial charge in [-0.3, -0.25) is 9.80 Å². The number of ether oxygens (including phenoxy) is 2. The summed E-state index contributed by atoms with van der Waals surface area (Å²) in [4.78, 5) is 14.6. The fourth-order valence-electron chi connectivity index (χ4n) is 3.49. The molecule has 3 unspecified atom stereocenters. The molecular formula is C13H16IN3O5. The maximum atomic E-state index is 12.9. The van der Waals surface area contributed by atoms with E-state index in [2.05, 4.69) is 0 Å². The van der Waals surface area contributed by atoms with Crippen molar-refractivity contribution in [2.24, 2.45) is 0 Å². The highest BCUT2D eigenvalue weighted by molar-refractivity contribution is 14.1. The largest absolute Gasteiger partial charge is 0.495 e. The summed E-state index contributed by atoms with van der Waals surface area (Å²) in [6, 6.07) is 0. The van der Waals surface area contributed by atoms with Crippen LogP contribution in [0.25, 0.3) is 0 Å². The molecule has 0 saturated carbocycles. The predicted molar refractivity (Wildman–Crippen MR) is 82.0 cm³/mol. The van der Waals surface area contributed by atoms with Gasteiger partial charge in [0, 0.05) is 6.54 Å². The van der Waals surface area contributed by atoms with E-state index in [4.69, 9.17) is 9.47 Å². The Morgan fingerprint density at radius 3 is 2.91 bits per heavy atom. The van der Waals surface area contributed by atoms with Crippen LogP contribution in [-0.2, 0) is 14.3 Å². The van der Waals surface area contributed by atoms with Gasteiger partial charge in [0.1, 0.15) is 18.4 Å². The minimum absolute atomic E-state index is 0.198. The minimum atomic E-state index is -1.03. The number of amides is 1. The third kappa shape index (κ3) is 1.74. The van der Waals surface area contributed by atoms with Crippen LogP contribution >= 0.6 is 22.6 Å². The number of hydrogen-bond acceptors (Lipinski definition) is 7. The Labute approximate surface area is 140 Å². The van der Waals surface area contributed by atoms with Crippen LogP contribution in [0.4, 0.5) is 0 Å². The zero-order valence-corrected chi connectivity index (χ0v) is 14.1. The Morgan fingerprint density at radius 2 is 2.18 bits per heavy atom. The molecule has 3 fully saturated rings. The van der Waals surface area contributed by atoms with E-state index >= 15 is 0 Å². The van der Waals surface area contributed by atoms with Gasteiger partial charge >= 0.3 is 0 Å². The molecule has 8 nitrogen and oxygen atoms in total. The first kappa shape index (κ1) is 14.7. The summed E-state index contributed by atoms with van der Waals surface area (Å²) in [5.41, 5.74) is 0.850. The number of aliphatic hydroxyl groups excluding tert-OH is 2. The molecule has 0 bridgehead atoms. The molecule has 1 amide bonds. The van der Waals surface area contributed by atoms with Crippen molar-refractivity contribution < 1.29 is 24.5 Å². The van der Waals surface area contributed by atoms with Crippen LogP contribution in [0.5, 0.6) is 0 Å². The maximum absolute atomic E-state index is 12.9. The smallest absolute Gasteiger partial charge is 0.277 e. The fraction of sp³-hybridized carbons (Fsp3) is 0.615. The molecule has 22 heavy (non-hydrogen) atoms. The van der Waals surface area contributed by atoms with Crippen LogP contribution < -0.4 is 0 Å². The Hall–Kier alpha value is -0.880. The van der Waals surface area contributed by atoms with E-state index in [9.17, 15) is 15.0 Å². The van der Waals surface area contributed by atoms with Gasteiger partial charge in [-0.05, 0) is 22.6 Å². The van der Waals surface area contributed by atoms with Gasteiger partial charge in [-0.25, -0.2) is 0 Å². The molecule has 9 heteroatoms. The van der Waals surface area contributed by atoms with Crippen LogP contribution in [0.15, 0.2) is 20.7 Å². The number of halogens is 1. The van der Waals surface area contributed by atoms with Gasteiger partial charge in [0.15, 0.2) is 11.5 Å². The zero-order chi connectivity index (χ0) is 15.6. The van der Waals surface area contributed by atoms with Gasteiger partial charge < -0.3 is 24.6 Å². The van der Waals surface area contributed by atoms with E-state index in [1.54, 1.807) is 9.91 Å². The molecule has 4 rings (SSSR count). The molecular weight excluding hydrogens is 405 g/mol. The number of aliphatic hydroxyl groups is 2. The van der Waals surface area contributed by atoms with E-state index in [1.165, 1.54) is 7.11 Å². The summed E-state index contributed by atoms with van der Waals surface area (Å²) in [5, 5.41) is 24.5. The highest BCUT2D eigenvalue weighted by Gasteiger charge is 2.55. The van der Waals surface area contributed by atoms with Crippen molar-refractivity contribution in [2.75, 3.05) is 33.4 Å². The second-order valence-corrected chi connectivity index (χ2v) is 6.72. The number of hydrogen-bond donors (Lipinski definition) is 2. The van der Waals surface area contributed by atoms with Crippen molar-refractivity contribution in [3.05, 3.63) is 20.7 Å². The number of carbonyl (C=O) groups is 1. The normalized spacial score (nSPS) is 35.1. The fourth-order valence-corrected chi connectivity index (χ4v) is 4.36. The van der Waals surface area contributed by atoms with E-state index in [0.717, 1.165) is 0 Å². The van der Waals surface area contributed by atoms with Crippen LogP contribution in [-0.4, -0.2) is 82.8 Å². The van der Waals surface area contributed by atoms with Crippen molar-refractivity contribution >= 4 is 28.5 Å². The molecule has 4 aliphatic rings. The average molecular weight is 421 g/mol. The monoisotopic (exact) mass is 421 g/mol. The molecule has 0 aromatic rings. The molecule has 2 N–H and O–H groups in total. The number of methoxy groups -OCH3 is 1. The molecule has 4 heterocycles.